The normalized spacial score (nSPS) is 14.0. The number of halogens is 3. The van der Waals surface area contributed by atoms with E-state index in [4.69, 9.17) is 32.7 Å². The first kappa shape index (κ1) is 22.8. The van der Waals surface area contributed by atoms with Gasteiger partial charge in [-0.15, -0.1) is 0 Å². The Kier molecular flexibility index (Phi) is 7.36. The molecule has 0 saturated heterocycles. The number of carbonyl (C=O) groups excluding carboxylic acids is 2. The largest absolute Gasteiger partial charge is 0.463 e. The third-order valence-corrected chi connectivity index (χ3v) is 5.34. The van der Waals surface area contributed by atoms with Gasteiger partial charge in [0.15, 0.2) is 0 Å². The number of ether oxygens (including phenoxy) is 2. The van der Waals surface area contributed by atoms with Gasteiger partial charge in [0.1, 0.15) is 5.82 Å². The van der Waals surface area contributed by atoms with Gasteiger partial charge in [-0.1, -0.05) is 29.3 Å². The van der Waals surface area contributed by atoms with E-state index < -0.39 is 23.7 Å². The molecule has 0 radical (unpaired) electrons. The Morgan fingerprint density at radius 2 is 1.45 bits per heavy atom. The number of rotatable bonds is 6. The highest BCUT2D eigenvalue weighted by molar-refractivity contribution is 6.42. The highest BCUT2D eigenvalue weighted by Crippen LogP contribution is 2.40. The van der Waals surface area contributed by atoms with Crippen LogP contribution in [0.4, 0.5) is 10.1 Å². The molecule has 0 amide bonds. The number of esters is 2. The Bertz CT molecular complexity index is 1010. The summed E-state index contributed by atoms with van der Waals surface area (Å²) in [6, 6.07) is 10.5. The van der Waals surface area contributed by atoms with Crippen LogP contribution in [0.2, 0.25) is 10.0 Å². The Labute approximate surface area is 189 Å². The summed E-state index contributed by atoms with van der Waals surface area (Å²) >= 11 is 12.2. The van der Waals surface area contributed by atoms with Crippen LogP contribution in [0.5, 0.6) is 0 Å². The van der Waals surface area contributed by atoms with Gasteiger partial charge in [-0.05, 0) is 55.8 Å². The van der Waals surface area contributed by atoms with Crippen LogP contribution in [0.25, 0.3) is 0 Å². The fourth-order valence-corrected chi connectivity index (χ4v) is 3.54. The third-order valence-electron chi connectivity index (χ3n) is 4.60. The van der Waals surface area contributed by atoms with Crippen LogP contribution < -0.4 is 4.90 Å². The molecular formula is C23H20Cl2FNO4. The predicted octanol–water partition coefficient (Wildman–Crippen LogP) is 5.63. The maximum absolute atomic E-state index is 13.4. The SMILES string of the molecule is CCOC(=O)C1=CN(c2ccc(F)cc2)C=C(C(=O)OCC)C1c1ccc(Cl)c(Cl)c1. The maximum atomic E-state index is 13.4. The van der Waals surface area contributed by atoms with Crippen LogP contribution >= 0.6 is 23.2 Å². The Balaban J connectivity index is 2.18. The Morgan fingerprint density at radius 1 is 0.903 bits per heavy atom. The molecule has 1 aliphatic rings. The summed E-state index contributed by atoms with van der Waals surface area (Å²) < 4.78 is 23.9. The van der Waals surface area contributed by atoms with Gasteiger partial charge in [0.05, 0.1) is 40.3 Å². The molecule has 8 heteroatoms. The minimum absolute atomic E-state index is 0.152. The molecule has 1 aliphatic heterocycles. The molecule has 5 nitrogen and oxygen atoms in total. The molecular weight excluding hydrogens is 444 g/mol. The van der Waals surface area contributed by atoms with Gasteiger partial charge in [-0.2, -0.15) is 0 Å². The first-order valence-corrected chi connectivity index (χ1v) is 10.4. The molecule has 0 atom stereocenters. The number of nitrogens with zero attached hydrogens (tertiary/aromatic N) is 1. The number of hydrogen-bond donors (Lipinski definition) is 0. The molecule has 31 heavy (non-hydrogen) atoms. The van der Waals surface area contributed by atoms with Crippen LogP contribution in [0, 0.1) is 5.82 Å². The molecule has 2 aromatic carbocycles. The lowest BCUT2D eigenvalue weighted by molar-refractivity contribution is -0.139. The lowest BCUT2D eigenvalue weighted by Crippen LogP contribution is -2.29. The van der Waals surface area contributed by atoms with Crippen molar-refractivity contribution in [2.75, 3.05) is 18.1 Å². The fraction of sp³-hybridized carbons (Fsp3) is 0.217. The summed E-state index contributed by atoms with van der Waals surface area (Å²) in [6.45, 7) is 3.68. The smallest absolute Gasteiger partial charge is 0.336 e. The molecule has 0 bridgehead atoms. The second-order valence-corrected chi connectivity index (χ2v) is 7.41. The van der Waals surface area contributed by atoms with Crippen molar-refractivity contribution in [3.05, 3.63) is 87.4 Å². The average Bonchev–Trinajstić information content (AvgIpc) is 2.75. The van der Waals surface area contributed by atoms with Crippen LogP contribution in [-0.4, -0.2) is 25.2 Å². The highest BCUT2D eigenvalue weighted by Gasteiger charge is 2.36. The van der Waals surface area contributed by atoms with E-state index in [-0.39, 0.29) is 29.4 Å². The zero-order valence-corrected chi connectivity index (χ0v) is 18.4. The molecule has 0 saturated carbocycles. The molecule has 2 aromatic rings. The number of benzene rings is 2. The lowest BCUT2D eigenvalue weighted by atomic mass is 9.83. The maximum Gasteiger partial charge on any atom is 0.336 e. The number of anilines is 1. The van der Waals surface area contributed by atoms with Crippen molar-refractivity contribution in [1.29, 1.82) is 0 Å². The minimum atomic E-state index is -0.787. The summed E-state index contributed by atoms with van der Waals surface area (Å²) in [4.78, 5) is 27.3. The van der Waals surface area contributed by atoms with Crippen molar-refractivity contribution < 1.29 is 23.5 Å². The van der Waals surface area contributed by atoms with Crippen LogP contribution in [0.15, 0.2) is 66.0 Å². The van der Waals surface area contributed by atoms with E-state index in [0.717, 1.165) is 0 Å². The fourth-order valence-electron chi connectivity index (χ4n) is 3.24. The van der Waals surface area contributed by atoms with Gasteiger partial charge < -0.3 is 14.4 Å². The Hall–Kier alpha value is -2.83. The molecule has 162 valence electrons. The molecule has 1 heterocycles. The van der Waals surface area contributed by atoms with Crippen molar-refractivity contribution in [3.8, 4) is 0 Å². The van der Waals surface area contributed by atoms with Gasteiger partial charge in [-0.25, -0.2) is 14.0 Å². The van der Waals surface area contributed by atoms with Crippen molar-refractivity contribution >= 4 is 40.8 Å². The molecule has 0 fully saturated rings. The third kappa shape index (κ3) is 5.09. The topological polar surface area (TPSA) is 55.8 Å². The standard InChI is InChI=1S/C23H20Cl2FNO4/c1-3-30-22(28)17-12-27(16-8-6-15(26)7-9-16)13-18(23(29)31-4-2)21(17)14-5-10-19(24)20(25)11-14/h5-13,21H,3-4H2,1-2H3. The molecule has 0 N–H and O–H groups in total. The second-order valence-electron chi connectivity index (χ2n) is 6.60. The summed E-state index contributed by atoms with van der Waals surface area (Å²) in [5.74, 6) is -2.38. The number of carbonyl (C=O) groups is 2. The van der Waals surface area contributed by atoms with Crippen molar-refractivity contribution in [1.82, 2.24) is 0 Å². The first-order chi connectivity index (χ1) is 14.8. The average molecular weight is 464 g/mol. The number of hydrogen-bond acceptors (Lipinski definition) is 5. The molecule has 0 aromatic heterocycles. The highest BCUT2D eigenvalue weighted by atomic mass is 35.5. The molecule has 0 aliphatic carbocycles. The van der Waals surface area contributed by atoms with Crippen LogP contribution in [0.3, 0.4) is 0 Å². The van der Waals surface area contributed by atoms with Gasteiger partial charge in [-0.3, -0.25) is 0 Å². The monoisotopic (exact) mass is 463 g/mol. The summed E-state index contributed by atoms with van der Waals surface area (Å²) in [7, 11) is 0. The lowest BCUT2D eigenvalue weighted by Gasteiger charge is -2.30. The van der Waals surface area contributed by atoms with Gasteiger partial charge in [0.2, 0.25) is 0 Å². The zero-order valence-electron chi connectivity index (χ0n) is 16.9. The van der Waals surface area contributed by atoms with E-state index in [9.17, 15) is 14.0 Å². The summed E-state index contributed by atoms with van der Waals surface area (Å²) in [5, 5.41) is 0.629. The summed E-state index contributed by atoms with van der Waals surface area (Å²) in [5.41, 5.74) is 1.54. The minimum Gasteiger partial charge on any atom is -0.463 e. The summed E-state index contributed by atoms with van der Waals surface area (Å²) in [6.07, 6.45) is 3.11. The molecule has 0 spiro atoms. The van der Waals surface area contributed by atoms with E-state index in [1.165, 1.54) is 24.3 Å². The van der Waals surface area contributed by atoms with Crippen molar-refractivity contribution in [3.63, 3.8) is 0 Å². The van der Waals surface area contributed by atoms with Crippen LogP contribution in [-0.2, 0) is 19.1 Å². The molecule has 3 rings (SSSR count). The Morgan fingerprint density at radius 3 is 1.94 bits per heavy atom. The van der Waals surface area contributed by atoms with Gasteiger partial charge in [0.25, 0.3) is 0 Å². The van der Waals surface area contributed by atoms with Crippen molar-refractivity contribution in [2.45, 2.75) is 19.8 Å². The predicted molar refractivity (Wildman–Crippen MR) is 118 cm³/mol. The second kappa shape index (κ2) is 9.98. The van der Waals surface area contributed by atoms with E-state index in [1.807, 2.05) is 0 Å². The molecule has 0 unspecified atom stereocenters. The van der Waals surface area contributed by atoms with E-state index in [0.29, 0.717) is 16.3 Å². The first-order valence-electron chi connectivity index (χ1n) is 9.62. The van der Waals surface area contributed by atoms with Gasteiger partial charge in [0, 0.05) is 18.1 Å². The van der Waals surface area contributed by atoms with Crippen molar-refractivity contribution in [2.24, 2.45) is 0 Å². The quantitative estimate of drug-likeness (QED) is 0.519. The van der Waals surface area contributed by atoms with E-state index in [2.05, 4.69) is 0 Å². The van der Waals surface area contributed by atoms with Gasteiger partial charge >= 0.3 is 11.9 Å². The van der Waals surface area contributed by atoms with E-state index in [1.54, 1.807) is 49.3 Å². The zero-order chi connectivity index (χ0) is 22.5. The van der Waals surface area contributed by atoms with Crippen LogP contribution in [0.1, 0.15) is 25.3 Å². The van der Waals surface area contributed by atoms with E-state index >= 15 is 0 Å².